The lowest BCUT2D eigenvalue weighted by Gasteiger charge is -2.11. The standard InChI is InChI=1S/C20H16N2O2S2/c23-26(24,21-14-20-22-17-11-5-6-12-18(17)25-20)19-13-7-4-10-16(19)15-8-2-1-3-9-15/h1-13,21H,14H2. The molecule has 0 aliphatic heterocycles. The Morgan fingerprint density at radius 2 is 1.54 bits per heavy atom. The fourth-order valence-corrected chi connectivity index (χ4v) is 5.00. The fourth-order valence-electron chi connectivity index (χ4n) is 2.79. The van der Waals surface area contributed by atoms with Crippen LogP contribution >= 0.6 is 11.3 Å². The van der Waals surface area contributed by atoms with Crippen molar-refractivity contribution in [1.82, 2.24) is 9.71 Å². The number of nitrogens with zero attached hydrogens (tertiary/aromatic N) is 1. The molecule has 1 N–H and O–H groups in total. The van der Waals surface area contributed by atoms with E-state index < -0.39 is 10.0 Å². The molecule has 0 atom stereocenters. The van der Waals surface area contributed by atoms with Crippen LogP contribution in [0.1, 0.15) is 5.01 Å². The van der Waals surface area contributed by atoms with E-state index in [-0.39, 0.29) is 11.4 Å². The molecule has 0 spiro atoms. The highest BCUT2D eigenvalue weighted by Gasteiger charge is 2.19. The molecule has 4 nitrogen and oxygen atoms in total. The summed E-state index contributed by atoms with van der Waals surface area (Å²) in [5, 5.41) is 0.743. The summed E-state index contributed by atoms with van der Waals surface area (Å²) < 4.78 is 29.5. The lowest BCUT2D eigenvalue weighted by Crippen LogP contribution is -2.23. The molecule has 4 rings (SSSR count). The molecule has 0 fully saturated rings. The molecule has 1 heterocycles. The second-order valence-corrected chi connectivity index (χ2v) is 8.61. The van der Waals surface area contributed by atoms with Crippen molar-refractivity contribution in [3.63, 3.8) is 0 Å². The van der Waals surface area contributed by atoms with Crippen molar-refractivity contribution in [2.75, 3.05) is 0 Å². The highest BCUT2D eigenvalue weighted by molar-refractivity contribution is 7.89. The number of benzene rings is 3. The van der Waals surface area contributed by atoms with Gasteiger partial charge in [0.05, 0.1) is 21.7 Å². The van der Waals surface area contributed by atoms with Crippen LogP contribution in [-0.2, 0) is 16.6 Å². The van der Waals surface area contributed by atoms with Crippen LogP contribution < -0.4 is 4.72 Å². The Morgan fingerprint density at radius 1 is 0.846 bits per heavy atom. The molecule has 0 aliphatic rings. The molecular weight excluding hydrogens is 364 g/mol. The molecule has 130 valence electrons. The van der Waals surface area contributed by atoms with Gasteiger partial charge in [-0.3, -0.25) is 0 Å². The number of fused-ring (bicyclic) bond motifs is 1. The van der Waals surface area contributed by atoms with Gasteiger partial charge in [0.2, 0.25) is 10.0 Å². The number of hydrogen-bond donors (Lipinski definition) is 1. The number of aromatic nitrogens is 1. The van der Waals surface area contributed by atoms with Crippen LogP contribution in [0.25, 0.3) is 21.3 Å². The summed E-state index contributed by atoms with van der Waals surface area (Å²) in [4.78, 5) is 4.75. The van der Waals surface area contributed by atoms with Crippen LogP contribution in [-0.4, -0.2) is 13.4 Å². The molecule has 0 aliphatic carbocycles. The first-order chi connectivity index (χ1) is 12.6. The van der Waals surface area contributed by atoms with Crippen LogP contribution in [0.4, 0.5) is 0 Å². The van der Waals surface area contributed by atoms with Crippen molar-refractivity contribution in [3.8, 4) is 11.1 Å². The summed E-state index contributed by atoms with van der Waals surface area (Å²) in [6.07, 6.45) is 0. The minimum Gasteiger partial charge on any atom is -0.240 e. The maximum absolute atomic E-state index is 12.9. The summed E-state index contributed by atoms with van der Waals surface area (Å²) >= 11 is 1.50. The molecular formula is C20H16N2O2S2. The molecule has 6 heteroatoms. The normalized spacial score (nSPS) is 11.7. The Labute approximate surface area is 156 Å². The quantitative estimate of drug-likeness (QED) is 0.557. The van der Waals surface area contributed by atoms with E-state index in [9.17, 15) is 8.42 Å². The highest BCUT2D eigenvalue weighted by Crippen LogP contribution is 2.27. The molecule has 4 aromatic rings. The van der Waals surface area contributed by atoms with Gasteiger partial charge in [0.25, 0.3) is 0 Å². The number of rotatable bonds is 5. The van der Waals surface area contributed by atoms with E-state index in [0.717, 1.165) is 20.8 Å². The van der Waals surface area contributed by atoms with Gasteiger partial charge in [0, 0.05) is 5.56 Å². The van der Waals surface area contributed by atoms with E-state index in [1.807, 2.05) is 66.7 Å². The molecule has 0 saturated carbocycles. The predicted octanol–water partition coefficient (Wildman–Crippen LogP) is 4.44. The van der Waals surface area contributed by atoms with Crippen LogP contribution in [0.3, 0.4) is 0 Å². The van der Waals surface area contributed by atoms with E-state index in [0.29, 0.717) is 5.56 Å². The summed E-state index contributed by atoms with van der Waals surface area (Å²) in [5.74, 6) is 0. The maximum Gasteiger partial charge on any atom is 0.241 e. The van der Waals surface area contributed by atoms with Gasteiger partial charge in [-0.05, 0) is 23.8 Å². The molecule has 0 radical (unpaired) electrons. The summed E-state index contributed by atoms with van der Waals surface area (Å²) in [5.41, 5.74) is 2.44. The van der Waals surface area contributed by atoms with Crippen molar-refractivity contribution >= 4 is 31.6 Å². The zero-order valence-corrected chi connectivity index (χ0v) is 15.4. The minimum absolute atomic E-state index is 0.171. The maximum atomic E-state index is 12.9. The van der Waals surface area contributed by atoms with E-state index >= 15 is 0 Å². The van der Waals surface area contributed by atoms with Crippen LogP contribution in [0.2, 0.25) is 0 Å². The van der Waals surface area contributed by atoms with E-state index in [2.05, 4.69) is 9.71 Å². The van der Waals surface area contributed by atoms with Crippen molar-refractivity contribution in [3.05, 3.63) is 83.9 Å². The second kappa shape index (κ2) is 6.99. The first kappa shape index (κ1) is 16.9. The van der Waals surface area contributed by atoms with Crippen molar-refractivity contribution in [2.45, 2.75) is 11.4 Å². The van der Waals surface area contributed by atoms with Crippen LogP contribution in [0.5, 0.6) is 0 Å². The lowest BCUT2D eigenvalue weighted by atomic mass is 10.1. The first-order valence-electron chi connectivity index (χ1n) is 8.12. The Kier molecular flexibility index (Phi) is 4.55. The minimum atomic E-state index is -3.66. The van der Waals surface area contributed by atoms with E-state index in [1.165, 1.54) is 11.3 Å². The zero-order chi connectivity index (χ0) is 18.0. The van der Waals surface area contributed by atoms with Gasteiger partial charge in [0.15, 0.2) is 0 Å². The van der Waals surface area contributed by atoms with Crippen molar-refractivity contribution in [1.29, 1.82) is 0 Å². The lowest BCUT2D eigenvalue weighted by molar-refractivity contribution is 0.581. The molecule has 3 aromatic carbocycles. The average molecular weight is 380 g/mol. The SMILES string of the molecule is O=S(=O)(NCc1nc2ccccc2s1)c1ccccc1-c1ccccc1. The molecule has 26 heavy (non-hydrogen) atoms. The van der Waals surface area contributed by atoms with E-state index in [1.54, 1.807) is 12.1 Å². The van der Waals surface area contributed by atoms with Gasteiger partial charge in [-0.2, -0.15) is 0 Å². The highest BCUT2D eigenvalue weighted by atomic mass is 32.2. The molecule has 0 unspecified atom stereocenters. The number of hydrogen-bond acceptors (Lipinski definition) is 4. The molecule has 0 saturated heterocycles. The van der Waals surface area contributed by atoms with Crippen molar-refractivity contribution < 1.29 is 8.42 Å². The largest absolute Gasteiger partial charge is 0.241 e. The number of thiazole rings is 1. The smallest absolute Gasteiger partial charge is 0.240 e. The Hall–Kier alpha value is -2.54. The van der Waals surface area contributed by atoms with Gasteiger partial charge in [0.1, 0.15) is 5.01 Å². The molecule has 1 aromatic heterocycles. The molecule has 0 amide bonds. The van der Waals surface area contributed by atoms with Crippen molar-refractivity contribution in [2.24, 2.45) is 0 Å². The number of para-hydroxylation sites is 1. The monoisotopic (exact) mass is 380 g/mol. The third-order valence-corrected chi connectivity index (χ3v) is 6.51. The topological polar surface area (TPSA) is 59.1 Å². The predicted molar refractivity (Wildman–Crippen MR) is 106 cm³/mol. The van der Waals surface area contributed by atoms with Gasteiger partial charge < -0.3 is 0 Å². The summed E-state index contributed by atoms with van der Waals surface area (Å²) in [7, 11) is -3.66. The third kappa shape index (κ3) is 3.39. The van der Waals surface area contributed by atoms with Gasteiger partial charge in [-0.1, -0.05) is 60.7 Å². The second-order valence-electron chi connectivity index (χ2n) is 5.76. The van der Waals surface area contributed by atoms with Gasteiger partial charge >= 0.3 is 0 Å². The Balaban J connectivity index is 1.63. The zero-order valence-electron chi connectivity index (χ0n) is 13.8. The summed E-state index contributed by atoms with van der Waals surface area (Å²) in [6, 6.07) is 24.3. The Bertz CT molecular complexity index is 1120. The van der Waals surface area contributed by atoms with Crippen LogP contribution in [0.15, 0.2) is 83.8 Å². The Morgan fingerprint density at radius 3 is 2.35 bits per heavy atom. The fraction of sp³-hybridized carbons (Fsp3) is 0.0500. The van der Waals surface area contributed by atoms with Gasteiger partial charge in [-0.25, -0.2) is 18.1 Å². The average Bonchev–Trinajstić information content (AvgIpc) is 3.10. The third-order valence-electron chi connectivity index (χ3n) is 4.01. The summed E-state index contributed by atoms with van der Waals surface area (Å²) in [6.45, 7) is 0.171. The van der Waals surface area contributed by atoms with Gasteiger partial charge in [-0.15, -0.1) is 11.3 Å². The number of nitrogens with one attached hydrogen (secondary N) is 1. The van der Waals surface area contributed by atoms with Crippen LogP contribution in [0, 0.1) is 0 Å². The molecule has 0 bridgehead atoms. The first-order valence-corrected chi connectivity index (χ1v) is 10.4. The van der Waals surface area contributed by atoms with E-state index in [4.69, 9.17) is 0 Å². The number of sulfonamides is 1.